The summed E-state index contributed by atoms with van der Waals surface area (Å²) >= 11 is 2.22. The first-order valence-electron chi connectivity index (χ1n) is 7.71. The lowest BCUT2D eigenvalue weighted by atomic mass is 10.3. The Morgan fingerprint density at radius 1 is 1.27 bits per heavy atom. The minimum Gasteiger partial charge on any atom is -0.466 e. The molecule has 0 saturated heterocycles. The van der Waals surface area contributed by atoms with Crippen LogP contribution in [0.25, 0.3) is 16.9 Å². The predicted molar refractivity (Wildman–Crippen MR) is 98.9 cm³/mol. The highest BCUT2D eigenvalue weighted by atomic mass is 127. The molecule has 0 fully saturated rings. The van der Waals surface area contributed by atoms with Gasteiger partial charge in [-0.1, -0.05) is 12.1 Å². The van der Waals surface area contributed by atoms with E-state index in [0.29, 0.717) is 22.9 Å². The maximum atomic E-state index is 11.9. The molecule has 10 nitrogen and oxygen atoms in total. The van der Waals surface area contributed by atoms with Gasteiger partial charge in [-0.25, -0.2) is 9.61 Å². The van der Waals surface area contributed by atoms with Gasteiger partial charge >= 0.3 is 5.97 Å². The topological polar surface area (TPSA) is 120 Å². The van der Waals surface area contributed by atoms with Crippen molar-refractivity contribution in [3.8, 4) is 0 Å². The molecule has 0 aliphatic rings. The zero-order valence-electron chi connectivity index (χ0n) is 13.5. The highest BCUT2D eigenvalue weighted by molar-refractivity contribution is 14.1. The molecule has 0 bridgehead atoms. The van der Waals surface area contributed by atoms with Gasteiger partial charge in [-0.3, -0.25) is 9.20 Å². The minimum atomic E-state index is -0.407. The fourth-order valence-electron chi connectivity index (χ4n) is 2.47. The van der Waals surface area contributed by atoms with Crippen molar-refractivity contribution >= 4 is 57.0 Å². The van der Waals surface area contributed by atoms with E-state index in [1.807, 2.05) is 24.3 Å². The van der Waals surface area contributed by atoms with Crippen LogP contribution in [-0.2, 0) is 16.0 Å². The number of ether oxygens (including phenoxy) is 1. The Labute approximate surface area is 160 Å². The zero-order chi connectivity index (χ0) is 18.1. The molecule has 26 heavy (non-hydrogen) atoms. The zero-order valence-corrected chi connectivity index (χ0v) is 15.7. The van der Waals surface area contributed by atoms with Gasteiger partial charge in [0.05, 0.1) is 12.3 Å². The minimum absolute atomic E-state index is 0.0523. The third-order valence-corrected chi connectivity index (χ3v) is 4.50. The Hall–Kier alpha value is -2.83. The smallest absolute Gasteiger partial charge is 0.313 e. The van der Waals surface area contributed by atoms with Crippen LogP contribution in [-0.4, -0.2) is 42.5 Å². The molecule has 1 N–H and O–H groups in total. The molecule has 4 rings (SSSR count). The average Bonchev–Trinajstić information content (AvgIpc) is 3.24. The number of carbonyl (C=O) groups excluding carboxylic acids is 1. The summed E-state index contributed by atoms with van der Waals surface area (Å²) in [6, 6.07) is 7.73. The summed E-state index contributed by atoms with van der Waals surface area (Å²) in [5.74, 6) is 0.391. The summed E-state index contributed by atoms with van der Waals surface area (Å²) < 4.78 is 12.4. The molecule has 3 heterocycles. The van der Waals surface area contributed by atoms with Gasteiger partial charge in [0.25, 0.3) is 0 Å². The summed E-state index contributed by atoms with van der Waals surface area (Å²) in [6.07, 6.45) is -0.0523. The first-order valence-corrected chi connectivity index (χ1v) is 8.78. The molecule has 11 heteroatoms. The molecule has 0 amide bonds. The van der Waals surface area contributed by atoms with Crippen LogP contribution in [0.1, 0.15) is 12.7 Å². The van der Waals surface area contributed by atoms with E-state index in [9.17, 15) is 4.79 Å². The lowest BCUT2D eigenvalue weighted by molar-refractivity contribution is -0.142. The Balaban J connectivity index is 1.84. The van der Waals surface area contributed by atoms with Crippen LogP contribution in [0.15, 0.2) is 28.9 Å². The number of rotatable bonds is 5. The molecule has 4 aromatic rings. The third kappa shape index (κ3) is 2.94. The normalized spacial score (nSPS) is 11.2. The quantitative estimate of drug-likeness (QED) is 0.349. The van der Waals surface area contributed by atoms with E-state index in [0.717, 1.165) is 9.26 Å². The van der Waals surface area contributed by atoms with Gasteiger partial charge in [0, 0.05) is 3.57 Å². The molecule has 0 aliphatic heterocycles. The Kier molecular flexibility index (Phi) is 4.36. The van der Waals surface area contributed by atoms with Gasteiger partial charge in [-0.15, -0.1) is 10.2 Å². The number of halogens is 1. The van der Waals surface area contributed by atoms with E-state index in [-0.39, 0.29) is 18.7 Å². The average molecular weight is 465 g/mol. The van der Waals surface area contributed by atoms with Gasteiger partial charge < -0.3 is 10.1 Å². The van der Waals surface area contributed by atoms with Crippen molar-refractivity contribution in [1.82, 2.24) is 29.9 Å². The fourth-order valence-corrected chi connectivity index (χ4v) is 2.99. The first-order chi connectivity index (χ1) is 12.7. The predicted octanol–water partition coefficient (Wildman–Crippen LogP) is 2.11. The van der Waals surface area contributed by atoms with Crippen LogP contribution in [0.5, 0.6) is 0 Å². The van der Waals surface area contributed by atoms with Gasteiger partial charge in [0.15, 0.2) is 11.6 Å². The molecule has 0 saturated carbocycles. The van der Waals surface area contributed by atoms with E-state index < -0.39 is 5.97 Å². The number of carbonyl (C=O) groups is 1. The lowest BCUT2D eigenvalue weighted by Crippen LogP contribution is -2.11. The van der Waals surface area contributed by atoms with Gasteiger partial charge in [0.2, 0.25) is 16.9 Å². The van der Waals surface area contributed by atoms with E-state index in [2.05, 4.69) is 53.4 Å². The largest absolute Gasteiger partial charge is 0.466 e. The van der Waals surface area contributed by atoms with Crippen molar-refractivity contribution in [3.05, 3.63) is 33.7 Å². The van der Waals surface area contributed by atoms with Crippen LogP contribution < -0.4 is 5.32 Å². The van der Waals surface area contributed by atoms with Crippen molar-refractivity contribution in [3.63, 3.8) is 0 Å². The van der Waals surface area contributed by atoms with Crippen LogP contribution in [0, 0.1) is 3.57 Å². The number of anilines is 2. The number of nitrogens with one attached hydrogen (secondary N) is 1. The molecule has 3 aromatic heterocycles. The monoisotopic (exact) mass is 465 g/mol. The number of aromatic nitrogens is 6. The van der Waals surface area contributed by atoms with Crippen molar-refractivity contribution < 1.29 is 14.2 Å². The second-order valence-corrected chi connectivity index (χ2v) is 6.40. The summed E-state index contributed by atoms with van der Waals surface area (Å²) in [4.78, 5) is 16.3. The van der Waals surface area contributed by atoms with Gasteiger partial charge in [0.1, 0.15) is 6.42 Å². The second-order valence-electron chi connectivity index (χ2n) is 5.23. The van der Waals surface area contributed by atoms with Crippen LogP contribution in [0.2, 0.25) is 0 Å². The molecule has 0 unspecified atom stereocenters. The molecule has 0 atom stereocenters. The molecular weight excluding hydrogens is 453 g/mol. The summed E-state index contributed by atoms with van der Waals surface area (Å²) in [5, 5.41) is 19.1. The number of hydrogen-bond acceptors (Lipinski definition) is 9. The molecule has 0 spiro atoms. The Morgan fingerprint density at radius 2 is 2.12 bits per heavy atom. The Morgan fingerprint density at radius 3 is 2.92 bits per heavy atom. The highest BCUT2D eigenvalue weighted by Gasteiger charge is 2.21. The highest BCUT2D eigenvalue weighted by Crippen LogP contribution is 2.26. The maximum Gasteiger partial charge on any atom is 0.313 e. The molecular formula is C15H12IN7O3. The first kappa shape index (κ1) is 16.6. The number of esters is 1. The van der Waals surface area contributed by atoms with Crippen LogP contribution in [0.4, 0.5) is 11.5 Å². The maximum absolute atomic E-state index is 11.9. The number of fused-ring (bicyclic) bond motifs is 3. The van der Waals surface area contributed by atoms with Crippen LogP contribution >= 0.6 is 22.6 Å². The van der Waals surface area contributed by atoms with Gasteiger partial charge in [-0.05, 0) is 52.0 Å². The van der Waals surface area contributed by atoms with Crippen LogP contribution in [0.3, 0.4) is 0 Å². The number of para-hydroxylation sites is 1. The van der Waals surface area contributed by atoms with Gasteiger partial charge in [-0.2, -0.15) is 0 Å². The number of hydrogen-bond donors (Lipinski definition) is 1. The molecule has 1 aromatic carbocycles. The van der Waals surface area contributed by atoms with E-state index >= 15 is 0 Å². The lowest BCUT2D eigenvalue weighted by Gasteiger charge is -2.08. The number of nitrogens with zero attached hydrogens (tertiary/aromatic N) is 6. The van der Waals surface area contributed by atoms with Crippen molar-refractivity contribution in [2.75, 3.05) is 11.9 Å². The molecule has 132 valence electrons. The third-order valence-electron chi connectivity index (χ3n) is 3.56. The summed E-state index contributed by atoms with van der Waals surface area (Å²) in [6.45, 7) is 2.03. The van der Waals surface area contributed by atoms with E-state index in [1.165, 1.54) is 0 Å². The van der Waals surface area contributed by atoms with E-state index in [1.54, 1.807) is 11.3 Å². The van der Waals surface area contributed by atoms with Crippen molar-refractivity contribution in [1.29, 1.82) is 0 Å². The molecule has 0 aliphatic carbocycles. The summed E-state index contributed by atoms with van der Waals surface area (Å²) in [7, 11) is 0. The van der Waals surface area contributed by atoms with Crippen molar-refractivity contribution in [2.45, 2.75) is 13.3 Å². The van der Waals surface area contributed by atoms with E-state index in [4.69, 9.17) is 9.37 Å². The van der Waals surface area contributed by atoms with Crippen molar-refractivity contribution in [2.24, 2.45) is 0 Å². The standard InChI is InChI=1S/C15H12IN7O3/c1-2-25-11(24)7-10-19-20-14-12(17-9-6-4-3-5-8(9)16)18-13-15(23(10)14)22-26-21-13/h3-6H,2,7H2,1H3,(H,17,18,21). The second kappa shape index (κ2) is 6.82. The number of benzene rings is 1. The molecule has 0 radical (unpaired) electrons. The SMILES string of the molecule is CCOC(=O)Cc1nnc2c(Nc3ccccc3I)nc3nonc3n12. The summed E-state index contributed by atoms with van der Waals surface area (Å²) in [5.41, 5.74) is 1.87. The fraction of sp³-hybridized carbons (Fsp3) is 0.200. The Bertz CT molecular complexity index is 1110.